The van der Waals surface area contributed by atoms with Crippen LogP contribution in [0.4, 0.5) is 0 Å². The summed E-state index contributed by atoms with van der Waals surface area (Å²) in [7, 11) is 0. The maximum Gasteiger partial charge on any atom is 0.137 e. The fourth-order valence-electron chi connectivity index (χ4n) is 2.66. The molecule has 1 aromatic rings. The fraction of sp³-hybridized carbons (Fsp3) is 0.615. The van der Waals surface area contributed by atoms with Crippen molar-refractivity contribution in [2.75, 3.05) is 0 Å². The normalized spacial score (nSPS) is 25.8. The summed E-state index contributed by atoms with van der Waals surface area (Å²) in [6.07, 6.45) is 3.31. The minimum atomic E-state index is 0.364. The molecule has 0 spiro atoms. The van der Waals surface area contributed by atoms with Crippen LogP contribution in [-0.2, 0) is 6.42 Å². The van der Waals surface area contributed by atoms with E-state index in [2.05, 4.69) is 56.9 Å². The predicted molar refractivity (Wildman–Crippen MR) is 76.4 cm³/mol. The van der Waals surface area contributed by atoms with Gasteiger partial charge in [-0.25, -0.2) is 0 Å². The van der Waals surface area contributed by atoms with Gasteiger partial charge in [0.2, 0.25) is 0 Å². The van der Waals surface area contributed by atoms with Gasteiger partial charge in [-0.2, -0.15) is 0 Å². The first-order valence-electron chi connectivity index (χ1n) is 5.78. The lowest BCUT2D eigenvalue weighted by molar-refractivity contribution is 0.391. The molecule has 1 aliphatic rings. The maximum absolute atomic E-state index is 5.22. The van der Waals surface area contributed by atoms with Gasteiger partial charge < -0.3 is 4.52 Å². The van der Waals surface area contributed by atoms with Crippen LogP contribution in [0.2, 0.25) is 0 Å². The van der Waals surface area contributed by atoms with Crippen LogP contribution in [0.3, 0.4) is 0 Å². The summed E-state index contributed by atoms with van der Waals surface area (Å²) in [6, 6.07) is 0. The quantitative estimate of drug-likeness (QED) is 0.776. The zero-order chi connectivity index (χ0) is 12.8. The molecule has 0 unspecified atom stereocenters. The molecular weight excluding hydrogens is 346 g/mol. The summed E-state index contributed by atoms with van der Waals surface area (Å²) < 4.78 is 6.27. The van der Waals surface area contributed by atoms with Crippen molar-refractivity contribution in [1.29, 1.82) is 0 Å². The van der Waals surface area contributed by atoms with Crippen LogP contribution in [0.25, 0.3) is 0 Å². The van der Waals surface area contributed by atoms with Crippen LogP contribution >= 0.6 is 31.9 Å². The molecule has 1 heterocycles. The van der Waals surface area contributed by atoms with E-state index in [0.717, 1.165) is 21.3 Å². The predicted octanol–water partition coefficient (Wildman–Crippen LogP) is 4.74. The van der Waals surface area contributed by atoms with Crippen LogP contribution in [0.5, 0.6) is 0 Å². The third kappa shape index (κ3) is 2.53. The molecule has 2 rings (SSSR count). The van der Waals surface area contributed by atoms with Crippen molar-refractivity contribution in [2.24, 2.45) is 17.3 Å². The van der Waals surface area contributed by atoms with Gasteiger partial charge in [-0.05, 0) is 69.4 Å². The first-order chi connectivity index (χ1) is 7.84. The fourth-order valence-corrected chi connectivity index (χ4v) is 3.23. The van der Waals surface area contributed by atoms with E-state index < -0.39 is 0 Å². The van der Waals surface area contributed by atoms with Crippen LogP contribution in [0.15, 0.2) is 14.0 Å². The second-order valence-electron chi connectivity index (χ2n) is 5.42. The average Bonchev–Trinajstić information content (AvgIpc) is 2.53. The van der Waals surface area contributed by atoms with E-state index in [4.69, 9.17) is 4.52 Å². The highest BCUT2D eigenvalue weighted by atomic mass is 79.9. The Morgan fingerprint density at radius 2 is 2.06 bits per heavy atom. The SMILES string of the molecule is Cc1noc(C)c1C[C@@H]1[C@H](C=C(Br)Br)C1(C)C. The Hall–Kier alpha value is -0.0900. The van der Waals surface area contributed by atoms with Crippen LogP contribution in [0.1, 0.15) is 30.9 Å². The summed E-state index contributed by atoms with van der Waals surface area (Å²) in [5.74, 6) is 2.25. The molecule has 1 saturated carbocycles. The third-order valence-electron chi connectivity index (χ3n) is 4.05. The van der Waals surface area contributed by atoms with Crippen LogP contribution < -0.4 is 0 Å². The molecule has 0 N–H and O–H groups in total. The van der Waals surface area contributed by atoms with Gasteiger partial charge in [-0.3, -0.25) is 0 Å². The molecule has 1 aromatic heterocycles. The van der Waals surface area contributed by atoms with E-state index in [9.17, 15) is 0 Å². The minimum Gasteiger partial charge on any atom is -0.361 e. The van der Waals surface area contributed by atoms with E-state index in [-0.39, 0.29) is 0 Å². The Labute approximate surface area is 119 Å². The van der Waals surface area contributed by atoms with Crippen molar-refractivity contribution >= 4 is 31.9 Å². The topological polar surface area (TPSA) is 26.0 Å². The first kappa shape index (κ1) is 13.3. The van der Waals surface area contributed by atoms with Crippen LogP contribution in [0, 0.1) is 31.1 Å². The molecule has 17 heavy (non-hydrogen) atoms. The molecule has 2 atom stereocenters. The molecular formula is C13H17Br2NO. The van der Waals surface area contributed by atoms with Crippen molar-refractivity contribution in [2.45, 2.75) is 34.1 Å². The largest absolute Gasteiger partial charge is 0.361 e. The van der Waals surface area contributed by atoms with E-state index >= 15 is 0 Å². The second-order valence-corrected chi connectivity index (χ2v) is 8.19. The summed E-state index contributed by atoms with van der Waals surface area (Å²) >= 11 is 6.90. The Bertz CT molecular complexity index is 438. The summed E-state index contributed by atoms with van der Waals surface area (Å²) in [6.45, 7) is 8.66. The van der Waals surface area contributed by atoms with Gasteiger partial charge in [-0.1, -0.05) is 25.1 Å². The van der Waals surface area contributed by atoms with Crippen molar-refractivity contribution in [1.82, 2.24) is 5.16 Å². The van der Waals surface area contributed by atoms with E-state index in [1.54, 1.807) is 0 Å². The summed E-state index contributed by atoms with van der Waals surface area (Å²) in [4.78, 5) is 0. The molecule has 0 bridgehead atoms. The van der Waals surface area contributed by atoms with Gasteiger partial charge in [0.15, 0.2) is 0 Å². The Balaban J connectivity index is 2.14. The number of aromatic nitrogens is 1. The number of rotatable bonds is 3. The zero-order valence-electron chi connectivity index (χ0n) is 10.6. The minimum absolute atomic E-state index is 0.364. The van der Waals surface area contributed by atoms with Crippen molar-refractivity contribution < 1.29 is 4.52 Å². The number of halogens is 2. The van der Waals surface area contributed by atoms with Gasteiger partial charge in [0.1, 0.15) is 5.76 Å². The molecule has 0 aromatic carbocycles. The molecule has 1 fully saturated rings. The van der Waals surface area contributed by atoms with E-state index in [0.29, 0.717) is 17.3 Å². The molecule has 1 aliphatic carbocycles. The lowest BCUT2D eigenvalue weighted by Gasteiger charge is -2.01. The molecule has 2 nitrogen and oxygen atoms in total. The van der Waals surface area contributed by atoms with E-state index in [1.807, 2.05) is 13.8 Å². The van der Waals surface area contributed by atoms with Gasteiger partial charge in [0.25, 0.3) is 0 Å². The number of hydrogen-bond donors (Lipinski definition) is 0. The number of aryl methyl sites for hydroxylation is 2. The van der Waals surface area contributed by atoms with Gasteiger partial charge in [0, 0.05) is 5.56 Å². The highest BCUT2D eigenvalue weighted by molar-refractivity contribution is 9.28. The number of hydrogen-bond acceptors (Lipinski definition) is 2. The van der Waals surface area contributed by atoms with Gasteiger partial charge in [-0.15, -0.1) is 0 Å². The third-order valence-corrected chi connectivity index (χ3v) is 4.58. The molecule has 4 heteroatoms. The van der Waals surface area contributed by atoms with Crippen molar-refractivity contribution in [3.8, 4) is 0 Å². The number of nitrogens with zero attached hydrogens (tertiary/aromatic N) is 1. The lowest BCUT2D eigenvalue weighted by atomic mass is 10.0. The molecule has 94 valence electrons. The summed E-state index contributed by atoms with van der Waals surface area (Å²) in [5.41, 5.74) is 2.68. The Morgan fingerprint density at radius 3 is 2.53 bits per heavy atom. The zero-order valence-corrected chi connectivity index (χ0v) is 13.7. The monoisotopic (exact) mass is 361 g/mol. The Kier molecular flexibility index (Phi) is 3.56. The average molecular weight is 363 g/mol. The highest BCUT2D eigenvalue weighted by Crippen LogP contribution is 2.61. The maximum atomic E-state index is 5.22. The number of allylic oxidation sites excluding steroid dienone is 1. The smallest absolute Gasteiger partial charge is 0.137 e. The van der Waals surface area contributed by atoms with Gasteiger partial charge in [0.05, 0.1) is 9.09 Å². The Morgan fingerprint density at radius 1 is 1.41 bits per heavy atom. The molecule has 0 aliphatic heterocycles. The van der Waals surface area contributed by atoms with Gasteiger partial charge >= 0.3 is 0 Å². The lowest BCUT2D eigenvalue weighted by Crippen LogP contribution is -1.96. The standard InChI is InChI=1S/C13H17Br2NO/c1-7-9(8(2)17-16-7)5-10-11(6-12(14)15)13(10,3)4/h6,10-11H,5H2,1-4H3/t10-,11+/m1/s1. The second kappa shape index (κ2) is 4.54. The first-order valence-corrected chi connectivity index (χ1v) is 7.37. The molecule has 0 amide bonds. The van der Waals surface area contributed by atoms with Crippen molar-refractivity contribution in [3.05, 3.63) is 26.5 Å². The van der Waals surface area contributed by atoms with Crippen LogP contribution in [-0.4, -0.2) is 5.16 Å². The van der Waals surface area contributed by atoms with E-state index in [1.165, 1.54) is 5.56 Å². The molecule has 0 saturated heterocycles. The highest BCUT2D eigenvalue weighted by Gasteiger charge is 2.56. The summed E-state index contributed by atoms with van der Waals surface area (Å²) in [5, 5.41) is 4.02. The van der Waals surface area contributed by atoms with Crippen molar-refractivity contribution in [3.63, 3.8) is 0 Å². The molecule has 0 radical (unpaired) electrons.